The lowest BCUT2D eigenvalue weighted by molar-refractivity contribution is -0.139. The van der Waals surface area contributed by atoms with Crippen molar-refractivity contribution < 1.29 is 14.7 Å². The maximum Gasteiger partial charge on any atom is 0.317 e. The molecule has 0 spiro atoms. The van der Waals surface area contributed by atoms with E-state index >= 15 is 0 Å². The summed E-state index contributed by atoms with van der Waals surface area (Å²) < 4.78 is 0. The van der Waals surface area contributed by atoms with Crippen LogP contribution in [0.15, 0.2) is 0 Å². The van der Waals surface area contributed by atoms with E-state index in [0.29, 0.717) is 12.0 Å². The predicted octanol–water partition coefficient (Wildman–Crippen LogP) is 0.794. The minimum Gasteiger partial charge on any atom is -0.480 e. The molecule has 5 heteroatoms. The van der Waals surface area contributed by atoms with Crippen LogP contribution in [-0.4, -0.2) is 59.0 Å². The smallest absolute Gasteiger partial charge is 0.317 e. The molecule has 1 saturated carbocycles. The number of piperidine rings is 1. The number of hydrogen-bond acceptors (Lipinski definition) is 3. The number of carbonyl (C=O) groups is 2. The molecule has 5 nitrogen and oxygen atoms in total. The molecule has 1 aliphatic carbocycles. The standard InChI is InChI=1S/C13H22N2O3/c1-10(16)15(12-4-5-12)8-11-3-2-6-14(7-11)9-13(17)18/h11-12H,2-9H2,1H3,(H,17,18)/t11-/m0/s1. The fourth-order valence-electron chi connectivity index (χ4n) is 2.83. The lowest BCUT2D eigenvalue weighted by Gasteiger charge is -2.34. The second-order valence-electron chi connectivity index (χ2n) is 5.54. The maximum absolute atomic E-state index is 11.6. The van der Waals surface area contributed by atoms with Crippen LogP contribution in [0.25, 0.3) is 0 Å². The Morgan fingerprint density at radius 1 is 1.33 bits per heavy atom. The topological polar surface area (TPSA) is 60.9 Å². The van der Waals surface area contributed by atoms with Crippen molar-refractivity contribution >= 4 is 11.9 Å². The summed E-state index contributed by atoms with van der Waals surface area (Å²) in [6, 6.07) is 0.456. The minimum absolute atomic E-state index is 0.125. The van der Waals surface area contributed by atoms with E-state index in [9.17, 15) is 9.59 Å². The Kier molecular flexibility index (Phi) is 4.22. The molecule has 2 fully saturated rings. The molecule has 102 valence electrons. The first kappa shape index (κ1) is 13.3. The number of amides is 1. The molecule has 1 aliphatic heterocycles. The molecule has 0 aromatic rings. The molecule has 18 heavy (non-hydrogen) atoms. The van der Waals surface area contributed by atoms with Crippen molar-refractivity contribution in [1.29, 1.82) is 0 Å². The van der Waals surface area contributed by atoms with Crippen molar-refractivity contribution in [2.75, 3.05) is 26.2 Å². The zero-order chi connectivity index (χ0) is 13.1. The van der Waals surface area contributed by atoms with Crippen molar-refractivity contribution in [3.63, 3.8) is 0 Å². The van der Waals surface area contributed by atoms with Crippen LogP contribution in [0.1, 0.15) is 32.6 Å². The predicted molar refractivity (Wildman–Crippen MR) is 67.2 cm³/mol. The highest BCUT2D eigenvalue weighted by atomic mass is 16.4. The van der Waals surface area contributed by atoms with E-state index in [2.05, 4.69) is 0 Å². The zero-order valence-electron chi connectivity index (χ0n) is 11.0. The molecule has 0 unspecified atom stereocenters. The quantitative estimate of drug-likeness (QED) is 0.788. The highest BCUT2D eigenvalue weighted by Crippen LogP contribution is 2.29. The van der Waals surface area contributed by atoms with Gasteiger partial charge in [0, 0.05) is 26.1 Å². The van der Waals surface area contributed by atoms with E-state index in [0.717, 1.165) is 45.3 Å². The molecule has 1 heterocycles. The number of carbonyl (C=O) groups excluding carboxylic acids is 1. The van der Waals surface area contributed by atoms with Gasteiger partial charge < -0.3 is 10.0 Å². The number of rotatable bonds is 5. The van der Waals surface area contributed by atoms with Gasteiger partial charge in [-0.2, -0.15) is 0 Å². The third-order valence-electron chi connectivity index (χ3n) is 3.81. The highest BCUT2D eigenvalue weighted by Gasteiger charge is 2.33. The van der Waals surface area contributed by atoms with Gasteiger partial charge in [0.05, 0.1) is 6.54 Å². The average Bonchev–Trinajstić information content (AvgIpc) is 3.09. The first-order chi connectivity index (χ1) is 8.56. The average molecular weight is 254 g/mol. The Bertz CT molecular complexity index is 328. The number of nitrogens with zero attached hydrogens (tertiary/aromatic N) is 2. The van der Waals surface area contributed by atoms with Gasteiger partial charge in [0.1, 0.15) is 0 Å². The van der Waals surface area contributed by atoms with E-state index in [4.69, 9.17) is 5.11 Å². The summed E-state index contributed by atoms with van der Waals surface area (Å²) >= 11 is 0. The number of carboxylic acid groups (broad SMARTS) is 1. The van der Waals surface area contributed by atoms with Crippen molar-refractivity contribution in [3.8, 4) is 0 Å². The summed E-state index contributed by atoms with van der Waals surface area (Å²) in [6.45, 7) is 4.24. The molecule has 2 rings (SSSR count). The van der Waals surface area contributed by atoms with Gasteiger partial charge in [-0.3, -0.25) is 14.5 Å². The van der Waals surface area contributed by atoms with Crippen LogP contribution < -0.4 is 0 Å². The van der Waals surface area contributed by atoms with Gasteiger partial charge >= 0.3 is 5.97 Å². The molecule has 1 saturated heterocycles. The number of likely N-dealkylation sites (tertiary alicyclic amines) is 1. The van der Waals surface area contributed by atoms with Crippen molar-refractivity contribution in [2.45, 2.75) is 38.6 Å². The fourth-order valence-corrected chi connectivity index (χ4v) is 2.83. The summed E-state index contributed by atoms with van der Waals surface area (Å²) in [7, 11) is 0. The summed E-state index contributed by atoms with van der Waals surface area (Å²) in [6.07, 6.45) is 4.40. The molecule has 1 amide bonds. The van der Waals surface area contributed by atoms with E-state index in [1.807, 2.05) is 9.80 Å². The molecule has 0 aromatic carbocycles. The molecular weight excluding hydrogens is 232 g/mol. The Morgan fingerprint density at radius 2 is 2.06 bits per heavy atom. The lowest BCUT2D eigenvalue weighted by atomic mass is 9.97. The zero-order valence-corrected chi connectivity index (χ0v) is 11.0. The monoisotopic (exact) mass is 254 g/mol. The Hall–Kier alpha value is -1.10. The maximum atomic E-state index is 11.6. The molecule has 0 aromatic heterocycles. The lowest BCUT2D eigenvalue weighted by Crippen LogP contribution is -2.44. The first-order valence-electron chi connectivity index (χ1n) is 6.77. The number of aliphatic carboxylic acids is 1. The largest absolute Gasteiger partial charge is 0.480 e. The number of carboxylic acids is 1. The van der Waals surface area contributed by atoms with Gasteiger partial charge in [-0.25, -0.2) is 0 Å². The summed E-state index contributed by atoms with van der Waals surface area (Å²) in [5, 5.41) is 8.81. The molecule has 0 bridgehead atoms. The van der Waals surface area contributed by atoms with Crippen LogP contribution in [0.5, 0.6) is 0 Å². The summed E-state index contributed by atoms with van der Waals surface area (Å²) in [5.74, 6) is -0.170. The van der Waals surface area contributed by atoms with Gasteiger partial charge in [0.15, 0.2) is 0 Å². The van der Waals surface area contributed by atoms with Gasteiger partial charge in [-0.15, -0.1) is 0 Å². The van der Waals surface area contributed by atoms with Crippen LogP contribution in [0.2, 0.25) is 0 Å². The van der Waals surface area contributed by atoms with Crippen LogP contribution >= 0.6 is 0 Å². The van der Waals surface area contributed by atoms with Crippen LogP contribution in [-0.2, 0) is 9.59 Å². The number of hydrogen-bond donors (Lipinski definition) is 1. The fraction of sp³-hybridized carbons (Fsp3) is 0.846. The van der Waals surface area contributed by atoms with Crippen molar-refractivity contribution in [1.82, 2.24) is 9.80 Å². The Morgan fingerprint density at radius 3 is 2.61 bits per heavy atom. The molecule has 0 radical (unpaired) electrons. The first-order valence-corrected chi connectivity index (χ1v) is 6.77. The molecule has 1 atom stereocenters. The van der Waals surface area contributed by atoms with E-state index in [1.54, 1.807) is 6.92 Å². The Labute approximate surface area is 108 Å². The van der Waals surface area contributed by atoms with Crippen LogP contribution in [0.3, 0.4) is 0 Å². The van der Waals surface area contributed by atoms with Crippen molar-refractivity contribution in [2.24, 2.45) is 5.92 Å². The third-order valence-corrected chi connectivity index (χ3v) is 3.81. The van der Waals surface area contributed by atoms with Gasteiger partial charge in [-0.05, 0) is 38.1 Å². The van der Waals surface area contributed by atoms with E-state index in [-0.39, 0.29) is 12.5 Å². The van der Waals surface area contributed by atoms with Gasteiger partial charge in [0.2, 0.25) is 5.91 Å². The molecular formula is C13H22N2O3. The van der Waals surface area contributed by atoms with Gasteiger partial charge in [0.25, 0.3) is 0 Å². The normalized spacial score (nSPS) is 24.8. The van der Waals surface area contributed by atoms with Crippen molar-refractivity contribution in [3.05, 3.63) is 0 Å². The molecule has 2 aliphatic rings. The highest BCUT2D eigenvalue weighted by molar-refractivity contribution is 5.74. The summed E-state index contributed by atoms with van der Waals surface area (Å²) in [5.41, 5.74) is 0. The van der Waals surface area contributed by atoms with Gasteiger partial charge in [-0.1, -0.05) is 0 Å². The van der Waals surface area contributed by atoms with E-state index in [1.165, 1.54) is 0 Å². The Balaban J connectivity index is 1.84. The summed E-state index contributed by atoms with van der Waals surface area (Å²) in [4.78, 5) is 26.3. The minimum atomic E-state index is -0.763. The van der Waals surface area contributed by atoms with E-state index < -0.39 is 5.97 Å². The second kappa shape index (κ2) is 5.69. The third kappa shape index (κ3) is 3.70. The molecule has 1 N–H and O–H groups in total. The second-order valence-corrected chi connectivity index (χ2v) is 5.54. The van der Waals surface area contributed by atoms with Crippen LogP contribution in [0.4, 0.5) is 0 Å². The van der Waals surface area contributed by atoms with Crippen LogP contribution in [0, 0.1) is 5.92 Å². The SMILES string of the molecule is CC(=O)N(C[C@H]1CCCN(CC(=O)O)C1)C1CC1.